The van der Waals surface area contributed by atoms with E-state index in [2.05, 4.69) is 48.0 Å². The first kappa shape index (κ1) is 11.6. The summed E-state index contributed by atoms with van der Waals surface area (Å²) in [7, 11) is 2.15. The van der Waals surface area contributed by atoms with Crippen LogP contribution in [0.5, 0.6) is 0 Å². The van der Waals surface area contributed by atoms with Crippen LogP contribution in [-0.2, 0) is 0 Å². The first-order valence-electron chi connectivity index (χ1n) is 5.83. The van der Waals surface area contributed by atoms with Gasteiger partial charge in [0.25, 0.3) is 0 Å². The highest BCUT2D eigenvalue weighted by molar-refractivity contribution is 6.18. The summed E-state index contributed by atoms with van der Waals surface area (Å²) in [5.41, 5.74) is 2.67. The fourth-order valence-electron chi connectivity index (χ4n) is 2.18. The quantitative estimate of drug-likeness (QED) is 0.748. The first-order chi connectivity index (χ1) is 7.72. The number of likely N-dealkylation sites (N-methyl/N-ethyl adjacent to an activating group) is 1. The van der Waals surface area contributed by atoms with Crippen molar-refractivity contribution in [2.45, 2.75) is 6.92 Å². The highest BCUT2D eigenvalue weighted by atomic mass is 35.5. The molecule has 3 heteroatoms. The molecule has 0 bridgehead atoms. The molecule has 0 amide bonds. The molecule has 0 fully saturated rings. The number of alkyl halides is 1. The Morgan fingerprint density at radius 3 is 2.62 bits per heavy atom. The smallest absolute Gasteiger partial charge is 0.0604 e. The van der Waals surface area contributed by atoms with Crippen molar-refractivity contribution in [3.05, 3.63) is 24.3 Å². The SMILES string of the molecule is CC(CCl)CN1CCN(C)c2ccccc21. The molecule has 2 rings (SSSR count). The van der Waals surface area contributed by atoms with Crippen molar-refractivity contribution in [1.29, 1.82) is 0 Å². The van der Waals surface area contributed by atoms with E-state index in [-0.39, 0.29) is 0 Å². The number of hydrogen-bond acceptors (Lipinski definition) is 2. The normalized spacial score (nSPS) is 17.2. The van der Waals surface area contributed by atoms with Crippen LogP contribution in [0, 0.1) is 5.92 Å². The van der Waals surface area contributed by atoms with Crippen LogP contribution in [0.25, 0.3) is 0 Å². The van der Waals surface area contributed by atoms with Gasteiger partial charge in [0.2, 0.25) is 0 Å². The van der Waals surface area contributed by atoms with Crippen LogP contribution in [0.2, 0.25) is 0 Å². The largest absolute Gasteiger partial charge is 0.371 e. The fourth-order valence-corrected chi connectivity index (χ4v) is 2.28. The molecule has 1 heterocycles. The summed E-state index contributed by atoms with van der Waals surface area (Å²) in [5, 5.41) is 0. The Labute approximate surface area is 103 Å². The van der Waals surface area contributed by atoms with Crippen LogP contribution < -0.4 is 9.80 Å². The van der Waals surface area contributed by atoms with Gasteiger partial charge in [-0.3, -0.25) is 0 Å². The summed E-state index contributed by atoms with van der Waals surface area (Å²) in [6.45, 7) is 5.43. The summed E-state index contributed by atoms with van der Waals surface area (Å²) >= 11 is 5.89. The van der Waals surface area contributed by atoms with Crippen molar-refractivity contribution in [3.63, 3.8) is 0 Å². The molecule has 1 unspecified atom stereocenters. The predicted molar refractivity (Wildman–Crippen MR) is 71.8 cm³/mol. The van der Waals surface area contributed by atoms with Crippen LogP contribution in [-0.4, -0.2) is 32.6 Å². The molecule has 1 aromatic carbocycles. The molecule has 0 aromatic heterocycles. The molecule has 0 radical (unpaired) electrons. The maximum absolute atomic E-state index is 5.89. The van der Waals surface area contributed by atoms with Crippen LogP contribution in [0.4, 0.5) is 11.4 Å². The van der Waals surface area contributed by atoms with Gasteiger partial charge in [-0.1, -0.05) is 19.1 Å². The van der Waals surface area contributed by atoms with Crippen molar-refractivity contribution in [3.8, 4) is 0 Å². The van der Waals surface area contributed by atoms with E-state index in [0.29, 0.717) is 5.92 Å². The highest BCUT2D eigenvalue weighted by Crippen LogP contribution is 2.32. The van der Waals surface area contributed by atoms with Crippen molar-refractivity contribution in [2.75, 3.05) is 42.4 Å². The Morgan fingerprint density at radius 2 is 1.94 bits per heavy atom. The second-order valence-corrected chi connectivity index (χ2v) is 4.92. The maximum Gasteiger partial charge on any atom is 0.0604 e. The molecule has 88 valence electrons. The van der Waals surface area contributed by atoms with E-state index < -0.39 is 0 Å². The Kier molecular flexibility index (Phi) is 3.59. The number of para-hydroxylation sites is 2. The lowest BCUT2D eigenvalue weighted by molar-refractivity contribution is 0.605. The number of halogens is 1. The van der Waals surface area contributed by atoms with Crippen molar-refractivity contribution < 1.29 is 0 Å². The zero-order chi connectivity index (χ0) is 11.5. The Hall–Kier alpha value is -0.890. The molecular weight excluding hydrogens is 220 g/mol. The third-order valence-corrected chi connectivity index (χ3v) is 3.66. The van der Waals surface area contributed by atoms with Gasteiger partial charge in [0, 0.05) is 32.6 Å². The van der Waals surface area contributed by atoms with Gasteiger partial charge in [-0.2, -0.15) is 0 Å². The lowest BCUT2D eigenvalue weighted by Crippen LogP contribution is -2.41. The molecule has 1 atom stereocenters. The van der Waals surface area contributed by atoms with E-state index in [9.17, 15) is 0 Å². The van der Waals surface area contributed by atoms with Gasteiger partial charge in [0.1, 0.15) is 0 Å². The summed E-state index contributed by atoms with van der Waals surface area (Å²) in [4.78, 5) is 4.76. The van der Waals surface area contributed by atoms with E-state index in [4.69, 9.17) is 11.6 Å². The number of nitrogens with zero attached hydrogens (tertiary/aromatic N) is 2. The van der Waals surface area contributed by atoms with Crippen molar-refractivity contribution >= 4 is 23.0 Å². The van der Waals surface area contributed by atoms with Gasteiger partial charge in [-0.25, -0.2) is 0 Å². The highest BCUT2D eigenvalue weighted by Gasteiger charge is 2.20. The maximum atomic E-state index is 5.89. The summed E-state index contributed by atoms with van der Waals surface area (Å²) in [6, 6.07) is 8.60. The van der Waals surface area contributed by atoms with Crippen molar-refractivity contribution in [1.82, 2.24) is 0 Å². The molecule has 2 nitrogen and oxygen atoms in total. The van der Waals surface area contributed by atoms with Crippen LogP contribution in [0.1, 0.15) is 6.92 Å². The molecule has 0 N–H and O–H groups in total. The fraction of sp³-hybridized carbons (Fsp3) is 0.538. The topological polar surface area (TPSA) is 6.48 Å². The summed E-state index contributed by atoms with van der Waals surface area (Å²) < 4.78 is 0. The number of benzene rings is 1. The molecule has 0 saturated carbocycles. The van der Waals surface area contributed by atoms with Gasteiger partial charge in [0.05, 0.1) is 11.4 Å². The Morgan fingerprint density at radius 1 is 1.25 bits per heavy atom. The van der Waals surface area contributed by atoms with Crippen LogP contribution in [0.15, 0.2) is 24.3 Å². The zero-order valence-corrected chi connectivity index (χ0v) is 10.7. The number of fused-ring (bicyclic) bond motifs is 1. The van der Waals surface area contributed by atoms with Crippen molar-refractivity contribution in [2.24, 2.45) is 5.92 Å². The van der Waals surface area contributed by atoms with Crippen LogP contribution >= 0.6 is 11.6 Å². The lowest BCUT2D eigenvalue weighted by atomic mass is 10.1. The Balaban J connectivity index is 2.21. The zero-order valence-electron chi connectivity index (χ0n) is 9.99. The minimum Gasteiger partial charge on any atom is -0.371 e. The van der Waals surface area contributed by atoms with E-state index in [0.717, 1.165) is 25.5 Å². The molecule has 1 aliphatic rings. The van der Waals surface area contributed by atoms with Gasteiger partial charge < -0.3 is 9.80 Å². The molecule has 1 aliphatic heterocycles. The van der Waals surface area contributed by atoms with Gasteiger partial charge >= 0.3 is 0 Å². The monoisotopic (exact) mass is 238 g/mol. The lowest BCUT2D eigenvalue weighted by Gasteiger charge is -2.38. The Bertz CT molecular complexity index is 354. The molecular formula is C13H19ClN2. The number of anilines is 2. The van der Waals surface area contributed by atoms with Gasteiger partial charge in [-0.15, -0.1) is 11.6 Å². The number of hydrogen-bond donors (Lipinski definition) is 0. The average molecular weight is 239 g/mol. The molecule has 0 aliphatic carbocycles. The minimum atomic E-state index is 0.540. The van der Waals surface area contributed by atoms with Gasteiger partial charge in [-0.05, 0) is 18.1 Å². The van der Waals surface area contributed by atoms with E-state index in [1.165, 1.54) is 11.4 Å². The van der Waals surface area contributed by atoms with Gasteiger partial charge in [0.15, 0.2) is 0 Å². The molecule has 0 spiro atoms. The third kappa shape index (κ3) is 2.27. The van der Waals surface area contributed by atoms with E-state index >= 15 is 0 Å². The third-order valence-electron chi connectivity index (χ3n) is 3.13. The average Bonchev–Trinajstić information content (AvgIpc) is 2.33. The second-order valence-electron chi connectivity index (χ2n) is 4.62. The molecule has 16 heavy (non-hydrogen) atoms. The standard InChI is InChI=1S/C13H19ClN2/c1-11(9-14)10-16-8-7-15(2)12-5-3-4-6-13(12)16/h3-6,11H,7-10H2,1-2H3. The number of rotatable bonds is 3. The molecule has 0 saturated heterocycles. The molecule has 1 aromatic rings. The van der Waals surface area contributed by atoms with E-state index in [1.807, 2.05) is 0 Å². The summed E-state index contributed by atoms with van der Waals surface area (Å²) in [5.74, 6) is 1.27. The second kappa shape index (κ2) is 4.96. The van der Waals surface area contributed by atoms with Crippen LogP contribution in [0.3, 0.4) is 0 Å². The van der Waals surface area contributed by atoms with E-state index in [1.54, 1.807) is 0 Å². The summed E-state index contributed by atoms with van der Waals surface area (Å²) in [6.07, 6.45) is 0. The first-order valence-corrected chi connectivity index (χ1v) is 6.37. The predicted octanol–water partition coefficient (Wildman–Crippen LogP) is 2.82. The minimum absolute atomic E-state index is 0.540.